The molecule has 0 amide bonds. The van der Waals surface area contributed by atoms with E-state index >= 15 is 0 Å². The molecule has 0 spiro atoms. The molecule has 0 fully saturated rings. The second-order valence-electron chi connectivity index (χ2n) is 2.72. The molecule has 70 valence electrons. The molecule has 0 radical (unpaired) electrons. The Kier molecular flexibility index (Phi) is 1.97. The number of halogens is 1. The van der Waals surface area contributed by atoms with E-state index in [0.29, 0.717) is 5.89 Å². The van der Waals surface area contributed by atoms with Gasteiger partial charge in [0.25, 0.3) is 0 Å². The predicted octanol–water partition coefficient (Wildman–Crippen LogP) is 4.38. The van der Waals surface area contributed by atoms with Gasteiger partial charge in [0.15, 0.2) is 0 Å². The van der Waals surface area contributed by atoms with Crippen LogP contribution in [0.5, 0.6) is 0 Å². The molecular formula is C9H4BrNOS2. The van der Waals surface area contributed by atoms with Gasteiger partial charge in [-0.25, -0.2) is 4.98 Å². The van der Waals surface area contributed by atoms with E-state index < -0.39 is 0 Å². The molecule has 0 N–H and O–H groups in total. The van der Waals surface area contributed by atoms with Crippen LogP contribution in [0, 0.1) is 0 Å². The molecule has 0 saturated carbocycles. The highest BCUT2D eigenvalue weighted by Crippen LogP contribution is 2.34. The zero-order valence-corrected chi connectivity index (χ0v) is 10.1. The molecule has 5 heteroatoms. The van der Waals surface area contributed by atoms with Crippen molar-refractivity contribution in [1.82, 2.24) is 4.98 Å². The lowest BCUT2D eigenvalue weighted by molar-refractivity contribution is 0.629. The topological polar surface area (TPSA) is 26.0 Å². The molecule has 0 aliphatic rings. The number of rotatable bonds is 1. The normalized spacial score (nSPS) is 11.2. The van der Waals surface area contributed by atoms with Crippen molar-refractivity contribution in [1.29, 1.82) is 0 Å². The van der Waals surface area contributed by atoms with Gasteiger partial charge in [-0.05, 0) is 33.4 Å². The van der Waals surface area contributed by atoms with Crippen molar-refractivity contribution in [2.45, 2.75) is 0 Å². The zero-order valence-electron chi connectivity index (χ0n) is 6.86. The lowest BCUT2D eigenvalue weighted by atomic mass is 10.5. The fourth-order valence-corrected chi connectivity index (χ4v) is 3.20. The van der Waals surface area contributed by atoms with Crippen LogP contribution < -0.4 is 0 Å². The van der Waals surface area contributed by atoms with Gasteiger partial charge in [0.05, 0.1) is 8.66 Å². The summed E-state index contributed by atoms with van der Waals surface area (Å²) in [5.74, 6) is 0.716. The molecule has 0 saturated heterocycles. The first-order valence-electron chi connectivity index (χ1n) is 3.93. The minimum Gasteiger partial charge on any atom is -0.424 e. The SMILES string of the molecule is Brc1cc2nc(-c3cccs3)oc2s1. The summed E-state index contributed by atoms with van der Waals surface area (Å²) >= 11 is 6.60. The minimum atomic E-state index is 0.716. The summed E-state index contributed by atoms with van der Waals surface area (Å²) in [6.45, 7) is 0. The molecule has 0 atom stereocenters. The Balaban J connectivity index is 2.20. The van der Waals surface area contributed by atoms with Gasteiger partial charge in [-0.1, -0.05) is 17.4 Å². The summed E-state index contributed by atoms with van der Waals surface area (Å²) < 4.78 is 6.67. The number of oxazole rings is 1. The van der Waals surface area contributed by atoms with Gasteiger partial charge in [0, 0.05) is 0 Å². The van der Waals surface area contributed by atoms with Crippen molar-refractivity contribution in [2.75, 3.05) is 0 Å². The van der Waals surface area contributed by atoms with Gasteiger partial charge >= 0.3 is 0 Å². The maximum Gasteiger partial charge on any atom is 0.238 e. The van der Waals surface area contributed by atoms with E-state index in [9.17, 15) is 0 Å². The lowest BCUT2D eigenvalue weighted by Crippen LogP contribution is -1.67. The van der Waals surface area contributed by atoms with Crippen LogP contribution in [0.25, 0.3) is 21.2 Å². The van der Waals surface area contributed by atoms with Crippen LogP contribution in [0.3, 0.4) is 0 Å². The van der Waals surface area contributed by atoms with E-state index in [-0.39, 0.29) is 0 Å². The summed E-state index contributed by atoms with van der Waals surface area (Å²) in [6, 6.07) is 5.98. The Bertz CT molecular complexity index is 535. The van der Waals surface area contributed by atoms with Crippen LogP contribution in [0.2, 0.25) is 0 Å². The Morgan fingerprint density at radius 3 is 3.07 bits per heavy atom. The maximum atomic E-state index is 5.62. The van der Waals surface area contributed by atoms with Crippen LogP contribution in [0.1, 0.15) is 0 Å². The summed E-state index contributed by atoms with van der Waals surface area (Å²) in [4.78, 5) is 6.35. The first-order chi connectivity index (χ1) is 6.83. The third kappa shape index (κ3) is 1.32. The van der Waals surface area contributed by atoms with E-state index in [1.54, 1.807) is 22.7 Å². The van der Waals surface area contributed by atoms with Crippen molar-refractivity contribution in [3.8, 4) is 10.8 Å². The van der Waals surface area contributed by atoms with Crippen LogP contribution in [0.4, 0.5) is 0 Å². The Hall–Kier alpha value is -0.650. The van der Waals surface area contributed by atoms with E-state index in [2.05, 4.69) is 20.9 Å². The smallest absolute Gasteiger partial charge is 0.238 e. The fourth-order valence-electron chi connectivity index (χ4n) is 1.21. The van der Waals surface area contributed by atoms with E-state index in [0.717, 1.165) is 19.1 Å². The molecule has 3 aromatic heterocycles. The Morgan fingerprint density at radius 2 is 2.36 bits per heavy atom. The Labute approximate surface area is 96.3 Å². The first-order valence-corrected chi connectivity index (χ1v) is 6.41. The molecule has 0 unspecified atom stereocenters. The first kappa shape index (κ1) is 8.64. The molecule has 0 bridgehead atoms. The van der Waals surface area contributed by atoms with Gasteiger partial charge < -0.3 is 4.42 Å². The monoisotopic (exact) mass is 285 g/mol. The lowest BCUT2D eigenvalue weighted by Gasteiger charge is -1.84. The average Bonchev–Trinajstić information content (AvgIpc) is 2.74. The van der Waals surface area contributed by atoms with Crippen molar-refractivity contribution in [3.63, 3.8) is 0 Å². The molecule has 0 aliphatic heterocycles. The van der Waals surface area contributed by atoms with Gasteiger partial charge in [-0.3, -0.25) is 0 Å². The molecule has 3 heterocycles. The summed E-state index contributed by atoms with van der Waals surface area (Å²) in [6.07, 6.45) is 0. The summed E-state index contributed by atoms with van der Waals surface area (Å²) in [5.41, 5.74) is 0.922. The van der Waals surface area contributed by atoms with Gasteiger partial charge in [0.2, 0.25) is 10.8 Å². The van der Waals surface area contributed by atoms with E-state index in [1.807, 2.05) is 23.6 Å². The quantitative estimate of drug-likeness (QED) is 0.663. The molecule has 3 aromatic rings. The zero-order chi connectivity index (χ0) is 9.54. The van der Waals surface area contributed by atoms with Gasteiger partial charge in [-0.2, -0.15) is 0 Å². The number of hydrogen-bond donors (Lipinski definition) is 0. The van der Waals surface area contributed by atoms with Crippen LogP contribution in [-0.4, -0.2) is 4.98 Å². The molecular weight excluding hydrogens is 282 g/mol. The third-order valence-electron chi connectivity index (χ3n) is 1.79. The van der Waals surface area contributed by atoms with Crippen LogP contribution >= 0.6 is 38.6 Å². The third-order valence-corrected chi connectivity index (χ3v) is 4.16. The van der Waals surface area contributed by atoms with Crippen LogP contribution in [-0.2, 0) is 0 Å². The minimum absolute atomic E-state index is 0.716. The second kappa shape index (κ2) is 3.18. The molecule has 0 aliphatic carbocycles. The van der Waals surface area contributed by atoms with Crippen molar-refractivity contribution in [2.24, 2.45) is 0 Å². The number of nitrogens with zero attached hydrogens (tertiary/aromatic N) is 1. The Morgan fingerprint density at radius 1 is 1.43 bits per heavy atom. The summed E-state index contributed by atoms with van der Waals surface area (Å²) in [5, 5.41) is 2.02. The molecule has 0 aromatic carbocycles. The van der Waals surface area contributed by atoms with Crippen molar-refractivity contribution < 1.29 is 4.42 Å². The predicted molar refractivity (Wildman–Crippen MR) is 62.9 cm³/mol. The number of fused-ring (bicyclic) bond motifs is 1. The van der Waals surface area contributed by atoms with Crippen LogP contribution in [0.15, 0.2) is 31.8 Å². The largest absolute Gasteiger partial charge is 0.424 e. The van der Waals surface area contributed by atoms with E-state index in [1.165, 1.54) is 0 Å². The van der Waals surface area contributed by atoms with Gasteiger partial charge in [-0.15, -0.1) is 11.3 Å². The summed E-state index contributed by atoms with van der Waals surface area (Å²) in [7, 11) is 0. The molecule has 3 rings (SSSR count). The highest BCUT2D eigenvalue weighted by molar-refractivity contribution is 9.11. The maximum absolute atomic E-state index is 5.62. The second-order valence-corrected chi connectivity index (χ2v) is 6.06. The average molecular weight is 286 g/mol. The molecule has 14 heavy (non-hydrogen) atoms. The van der Waals surface area contributed by atoms with Crippen molar-refractivity contribution in [3.05, 3.63) is 27.4 Å². The van der Waals surface area contributed by atoms with E-state index in [4.69, 9.17) is 4.42 Å². The van der Waals surface area contributed by atoms with Gasteiger partial charge in [0.1, 0.15) is 5.52 Å². The highest BCUT2D eigenvalue weighted by atomic mass is 79.9. The fraction of sp³-hybridized carbons (Fsp3) is 0. The molecule has 2 nitrogen and oxygen atoms in total. The number of aromatic nitrogens is 1. The number of hydrogen-bond acceptors (Lipinski definition) is 4. The highest BCUT2D eigenvalue weighted by Gasteiger charge is 2.11. The van der Waals surface area contributed by atoms with Crippen molar-refractivity contribution >= 4 is 49.0 Å². The number of thiophene rings is 2. The standard InChI is InChI=1S/C9H4BrNOS2/c10-7-4-5-9(14-7)12-8(11-5)6-2-1-3-13-6/h1-4H.